The Balaban J connectivity index is 1.40. The Kier molecular flexibility index (Phi) is 6.74. The Labute approximate surface area is 195 Å². The number of piperidine rings is 1. The van der Waals surface area contributed by atoms with Crippen LogP contribution in [0.2, 0.25) is 0 Å². The summed E-state index contributed by atoms with van der Waals surface area (Å²) in [6.45, 7) is 1.88. The number of hydrogen-bond donors (Lipinski definition) is 0. The molecule has 1 saturated carbocycles. The lowest BCUT2D eigenvalue weighted by Gasteiger charge is -2.31. The standard InChI is InChI=1S/C24H25F4NO4S/c1-15(30)20-12-21(17-5-6-17)23(13-22(20)25)33-14-16-7-9-29(10-8-16)34(31,32)19-4-2-3-18(11-19)24(26,27)28/h2-4,11-13,16-17H,5-10,14H2,1H3. The van der Waals surface area contributed by atoms with Gasteiger partial charge in [-0.25, -0.2) is 12.8 Å². The van der Waals surface area contributed by atoms with E-state index in [0.717, 1.165) is 30.5 Å². The number of ether oxygens (including phenoxy) is 1. The molecule has 0 spiro atoms. The van der Waals surface area contributed by atoms with Crippen molar-refractivity contribution >= 4 is 15.8 Å². The van der Waals surface area contributed by atoms with Crippen molar-refractivity contribution in [1.29, 1.82) is 0 Å². The third-order valence-corrected chi connectivity index (χ3v) is 8.24. The van der Waals surface area contributed by atoms with E-state index in [0.29, 0.717) is 24.7 Å². The molecule has 0 amide bonds. The van der Waals surface area contributed by atoms with Crippen molar-refractivity contribution < 1.29 is 35.5 Å². The Morgan fingerprint density at radius 3 is 2.35 bits per heavy atom. The first-order valence-electron chi connectivity index (χ1n) is 11.1. The number of hydrogen-bond acceptors (Lipinski definition) is 4. The number of ketones is 1. The average Bonchev–Trinajstić information content (AvgIpc) is 3.62. The lowest BCUT2D eigenvalue weighted by Crippen LogP contribution is -2.39. The lowest BCUT2D eigenvalue weighted by atomic mass is 9.99. The van der Waals surface area contributed by atoms with Gasteiger partial charge in [-0.05, 0) is 74.3 Å². The SMILES string of the molecule is CC(=O)c1cc(C2CC2)c(OCC2CCN(S(=O)(=O)c3cccc(C(F)(F)F)c3)CC2)cc1F. The van der Waals surface area contributed by atoms with E-state index in [1.807, 2.05) is 0 Å². The molecule has 4 rings (SSSR count). The van der Waals surface area contributed by atoms with Gasteiger partial charge in [0.25, 0.3) is 0 Å². The predicted octanol–water partition coefficient (Wildman–Crippen LogP) is 5.40. The number of carbonyl (C=O) groups excluding carboxylic acids is 1. The number of Topliss-reactive ketones (excluding diaryl/α,β-unsaturated/α-hetero) is 1. The fraction of sp³-hybridized carbons (Fsp3) is 0.458. The largest absolute Gasteiger partial charge is 0.493 e. The topological polar surface area (TPSA) is 63.7 Å². The molecule has 2 aliphatic rings. The van der Waals surface area contributed by atoms with E-state index in [1.54, 1.807) is 6.07 Å². The number of benzene rings is 2. The summed E-state index contributed by atoms with van der Waals surface area (Å²) >= 11 is 0. The zero-order valence-electron chi connectivity index (χ0n) is 18.6. The number of alkyl halides is 3. The van der Waals surface area contributed by atoms with Gasteiger partial charge in [0, 0.05) is 19.2 Å². The van der Waals surface area contributed by atoms with Crippen molar-refractivity contribution in [2.75, 3.05) is 19.7 Å². The summed E-state index contributed by atoms with van der Waals surface area (Å²) in [6, 6.07) is 6.56. The smallest absolute Gasteiger partial charge is 0.416 e. The Morgan fingerprint density at radius 2 is 1.76 bits per heavy atom. The van der Waals surface area contributed by atoms with Crippen LogP contribution in [-0.2, 0) is 16.2 Å². The number of rotatable bonds is 7. The second-order valence-corrected chi connectivity index (χ2v) is 10.8. The van der Waals surface area contributed by atoms with E-state index >= 15 is 0 Å². The van der Waals surface area contributed by atoms with Crippen molar-refractivity contribution in [2.45, 2.75) is 49.6 Å². The maximum atomic E-state index is 14.3. The molecule has 0 atom stereocenters. The molecule has 0 unspecified atom stereocenters. The quantitative estimate of drug-likeness (QED) is 0.378. The highest BCUT2D eigenvalue weighted by atomic mass is 32.2. The molecular formula is C24H25F4NO4S. The van der Waals surface area contributed by atoms with Gasteiger partial charge in [-0.1, -0.05) is 6.07 Å². The second kappa shape index (κ2) is 9.30. The number of sulfonamides is 1. The number of halogens is 4. The first kappa shape index (κ1) is 24.7. The van der Waals surface area contributed by atoms with Crippen molar-refractivity contribution in [3.8, 4) is 5.75 Å². The maximum absolute atomic E-state index is 14.3. The summed E-state index contributed by atoms with van der Waals surface area (Å²) in [5.41, 5.74) is -0.148. The monoisotopic (exact) mass is 499 g/mol. The van der Waals surface area contributed by atoms with Crippen LogP contribution in [0.4, 0.5) is 17.6 Å². The summed E-state index contributed by atoms with van der Waals surface area (Å²) < 4.78 is 86.1. The van der Waals surface area contributed by atoms with Gasteiger partial charge in [0.15, 0.2) is 5.78 Å². The van der Waals surface area contributed by atoms with Gasteiger partial charge in [0.2, 0.25) is 10.0 Å². The molecule has 10 heteroatoms. The third-order valence-electron chi connectivity index (χ3n) is 6.34. The van der Waals surface area contributed by atoms with Gasteiger partial charge in [0.1, 0.15) is 11.6 Å². The van der Waals surface area contributed by atoms with Gasteiger partial charge in [-0.2, -0.15) is 17.5 Å². The normalized spacial score (nSPS) is 18.1. The molecule has 1 saturated heterocycles. The van der Waals surface area contributed by atoms with Crippen molar-refractivity contribution in [2.24, 2.45) is 5.92 Å². The van der Waals surface area contributed by atoms with E-state index in [1.165, 1.54) is 23.4 Å². The first-order valence-corrected chi connectivity index (χ1v) is 12.6. The molecule has 2 fully saturated rings. The van der Waals surface area contributed by atoms with Crippen LogP contribution >= 0.6 is 0 Å². The highest BCUT2D eigenvalue weighted by Crippen LogP contribution is 2.45. The molecule has 1 aliphatic heterocycles. The average molecular weight is 500 g/mol. The van der Waals surface area contributed by atoms with Crippen LogP contribution in [0.25, 0.3) is 0 Å². The molecule has 0 aromatic heterocycles. The lowest BCUT2D eigenvalue weighted by molar-refractivity contribution is -0.137. The zero-order valence-corrected chi connectivity index (χ0v) is 19.4. The first-order chi connectivity index (χ1) is 16.0. The number of carbonyl (C=O) groups is 1. The highest BCUT2D eigenvalue weighted by molar-refractivity contribution is 7.89. The minimum absolute atomic E-state index is 0.00978. The minimum atomic E-state index is -4.63. The van der Waals surface area contributed by atoms with E-state index in [-0.39, 0.29) is 47.8 Å². The van der Waals surface area contributed by atoms with Gasteiger partial charge >= 0.3 is 6.18 Å². The van der Waals surface area contributed by atoms with Crippen LogP contribution in [0.1, 0.15) is 60.0 Å². The highest BCUT2D eigenvalue weighted by Gasteiger charge is 2.35. The molecule has 0 N–H and O–H groups in total. The Morgan fingerprint density at radius 1 is 1.09 bits per heavy atom. The van der Waals surface area contributed by atoms with Gasteiger partial charge in [-0.3, -0.25) is 4.79 Å². The van der Waals surface area contributed by atoms with Gasteiger partial charge in [-0.15, -0.1) is 0 Å². The van der Waals surface area contributed by atoms with Gasteiger partial charge in [0.05, 0.1) is 22.6 Å². The molecular weight excluding hydrogens is 474 g/mol. The molecule has 0 bridgehead atoms. The maximum Gasteiger partial charge on any atom is 0.416 e. The third kappa shape index (κ3) is 5.27. The molecule has 34 heavy (non-hydrogen) atoms. The molecule has 2 aromatic rings. The molecule has 5 nitrogen and oxygen atoms in total. The molecule has 1 heterocycles. The van der Waals surface area contributed by atoms with Gasteiger partial charge < -0.3 is 4.74 Å². The van der Waals surface area contributed by atoms with Crippen LogP contribution in [0.15, 0.2) is 41.3 Å². The summed E-state index contributed by atoms with van der Waals surface area (Å²) in [5, 5.41) is 0. The zero-order chi connectivity index (χ0) is 24.7. The Bertz CT molecular complexity index is 1180. The number of nitrogens with zero attached hydrogens (tertiary/aromatic N) is 1. The predicted molar refractivity (Wildman–Crippen MR) is 117 cm³/mol. The Hall–Kier alpha value is -2.46. The second-order valence-electron chi connectivity index (χ2n) is 8.88. The van der Waals surface area contributed by atoms with E-state index in [9.17, 15) is 30.8 Å². The van der Waals surface area contributed by atoms with Crippen molar-refractivity contribution in [3.63, 3.8) is 0 Å². The fourth-order valence-corrected chi connectivity index (χ4v) is 5.70. The fourth-order valence-electron chi connectivity index (χ4n) is 4.19. The van der Waals surface area contributed by atoms with Crippen LogP contribution in [0, 0.1) is 11.7 Å². The summed E-state index contributed by atoms with van der Waals surface area (Å²) in [6.07, 6.45) is -1.80. The molecule has 184 valence electrons. The van der Waals surface area contributed by atoms with Crippen molar-refractivity contribution in [1.82, 2.24) is 4.31 Å². The summed E-state index contributed by atoms with van der Waals surface area (Å²) in [4.78, 5) is 11.3. The molecule has 1 aliphatic carbocycles. The minimum Gasteiger partial charge on any atom is -0.493 e. The van der Waals surface area contributed by atoms with E-state index < -0.39 is 27.6 Å². The van der Waals surface area contributed by atoms with Crippen LogP contribution < -0.4 is 4.74 Å². The van der Waals surface area contributed by atoms with E-state index in [4.69, 9.17) is 4.74 Å². The van der Waals surface area contributed by atoms with Crippen LogP contribution in [-0.4, -0.2) is 38.2 Å². The molecule has 2 aromatic carbocycles. The van der Waals surface area contributed by atoms with Crippen LogP contribution in [0.3, 0.4) is 0 Å². The molecule has 0 radical (unpaired) electrons. The van der Waals surface area contributed by atoms with Crippen LogP contribution in [0.5, 0.6) is 5.75 Å². The van der Waals surface area contributed by atoms with Crippen molar-refractivity contribution in [3.05, 3.63) is 58.9 Å². The summed E-state index contributed by atoms with van der Waals surface area (Å²) in [5.74, 6) is -0.318. The summed E-state index contributed by atoms with van der Waals surface area (Å²) in [7, 11) is -4.05. The van der Waals surface area contributed by atoms with E-state index in [2.05, 4.69) is 0 Å².